The summed E-state index contributed by atoms with van der Waals surface area (Å²) >= 11 is 0. The van der Waals surface area contributed by atoms with Gasteiger partial charge in [0, 0.05) is 6.54 Å². The fraction of sp³-hybridized carbons (Fsp3) is 0.786. The minimum Gasteiger partial charge on any atom is -0.369 e. The summed E-state index contributed by atoms with van der Waals surface area (Å²) in [5.74, 6) is 2.62. The van der Waals surface area contributed by atoms with Crippen molar-refractivity contribution in [3.63, 3.8) is 0 Å². The van der Waals surface area contributed by atoms with Crippen LogP contribution in [0.1, 0.15) is 40.5 Å². The molecule has 2 amide bonds. The molecule has 0 aromatic rings. The van der Waals surface area contributed by atoms with Gasteiger partial charge >= 0.3 is 6.03 Å². The molecule has 0 saturated carbocycles. The topological polar surface area (TPSA) is 41.6 Å². The molecule has 102 valence electrons. The van der Waals surface area contributed by atoms with Gasteiger partial charge in [-0.2, -0.15) is 0 Å². The fourth-order valence-electron chi connectivity index (χ4n) is 2.33. The Bertz CT molecular complexity index is 333. The van der Waals surface area contributed by atoms with E-state index in [1.54, 1.807) is 4.90 Å². The van der Waals surface area contributed by atoms with E-state index in [2.05, 4.69) is 18.2 Å². The van der Waals surface area contributed by atoms with Gasteiger partial charge in [-0.3, -0.25) is 0 Å². The third-order valence-electron chi connectivity index (χ3n) is 2.93. The standard InChI is InChI=1S/C14H24N2O2/c1-6-8-12(7-2)15-13(17)16-9-11(3)18-14(4,5)10-16/h2,11-12H,6,8-10H2,1,3-5H3,(H,15,17)/t11-,12-/m0/s1. The number of hydrogen-bond donors (Lipinski definition) is 1. The van der Waals surface area contributed by atoms with Crippen LogP contribution in [0.3, 0.4) is 0 Å². The summed E-state index contributed by atoms with van der Waals surface area (Å²) in [6.07, 6.45) is 7.23. The first-order chi connectivity index (χ1) is 8.38. The van der Waals surface area contributed by atoms with E-state index in [4.69, 9.17) is 11.2 Å². The number of terminal acetylenes is 1. The van der Waals surface area contributed by atoms with E-state index in [0.29, 0.717) is 13.1 Å². The van der Waals surface area contributed by atoms with Crippen molar-refractivity contribution in [3.8, 4) is 12.3 Å². The Morgan fingerprint density at radius 1 is 1.67 bits per heavy atom. The second-order valence-electron chi connectivity index (χ2n) is 5.53. The largest absolute Gasteiger partial charge is 0.369 e. The number of carbonyl (C=O) groups is 1. The SMILES string of the molecule is C#C[C@@H](CCC)NC(=O)N1C[C@H](C)OC(C)(C)C1. The Kier molecular flexibility index (Phi) is 5.03. The minimum absolute atomic E-state index is 0.0509. The van der Waals surface area contributed by atoms with Crippen LogP contribution in [0.2, 0.25) is 0 Å². The molecule has 0 spiro atoms. The average molecular weight is 252 g/mol. The number of rotatable bonds is 3. The molecule has 1 saturated heterocycles. The average Bonchev–Trinajstić information content (AvgIpc) is 2.25. The van der Waals surface area contributed by atoms with E-state index < -0.39 is 0 Å². The molecular formula is C14H24N2O2. The number of morpholine rings is 1. The molecular weight excluding hydrogens is 228 g/mol. The van der Waals surface area contributed by atoms with Crippen molar-refractivity contribution >= 4 is 6.03 Å². The Morgan fingerprint density at radius 3 is 2.83 bits per heavy atom. The molecule has 1 aliphatic rings. The number of hydrogen-bond acceptors (Lipinski definition) is 2. The number of nitrogens with one attached hydrogen (secondary N) is 1. The Balaban J connectivity index is 2.58. The van der Waals surface area contributed by atoms with Gasteiger partial charge in [-0.05, 0) is 27.2 Å². The van der Waals surface area contributed by atoms with Crippen LogP contribution in [0.4, 0.5) is 4.79 Å². The van der Waals surface area contributed by atoms with Gasteiger partial charge in [0.2, 0.25) is 0 Å². The van der Waals surface area contributed by atoms with Crippen LogP contribution in [0.25, 0.3) is 0 Å². The van der Waals surface area contributed by atoms with Gasteiger partial charge in [-0.1, -0.05) is 19.3 Å². The quantitative estimate of drug-likeness (QED) is 0.781. The molecule has 0 unspecified atom stereocenters. The summed E-state index contributed by atoms with van der Waals surface area (Å²) in [5.41, 5.74) is -0.300. The second-order valence-corrected chi connectivity index (χ2v) is 5.53. The molecule has 1 heterocycles. The summed E-state index contributed by atoms with van der Waals surface area (Å²) in [6.45, 7) is 9.22. The van der Waals surface area contributed by atoms with Gasteiger partial charge in [0.15, 0.2) is 0 Å². The first-order valence-corrected chi connectivity index (χ1v) is 6.57. The number of ether oxygens (including phenoxy) is 1. The number of urea groups is 1. The maximum Gasteiger partial charge on any atom is 0.318 e. The molecule has 4 nitrogen and oxygen atoms in total. The molecule has 0 aromatic heterocycles. The van der Waals surface area contributed by atoms with Crippen LogP contribution in [0, 0.1) is 12.3 Å². The van der Waals surface area contributed by atoms with Crippen LogP contribution >= 0.6 is 0 Å². The Labute approximate surface area is 110 Å². The summed E-state index contributed by atoms with van der Waals surface area (Å²) in [4.78, 5) is 13.9. The van der Waals surface area contributed by atoms with E-state index in [1.165, 1.54) is 0 Å². The van der Waals surface area contributed by atoms with Crippen molar-refractivity contribution < 1.29 is 9.53 Å². The predicted molar refractivity (Wildman–Crippen MR) is 72.3 cm³/mol. The molecule has 0 radical (unpaired) electrons. The van der Waals surface area contributed by atoms with Crippen molar-refractivity contribution in [1.29, 1.82) is 0 Å². The first-order valence-electron chi connectivity index (χ1n) is 6.57. The van der Waals surface area contributed by atoms with Crippen molar-refractivity contribution in [1.82, 2.24) is 10.2 Å². The van der Waals surface area contributed by atoms with Gasteiger partial charge in [-0.15, -0.1) is 6.42 Å². The molecule has 2 atom stereocenters. The maximum atomic E-state index is 12.1. The normalized spacial score (nSPS) is 24.2. The molecule has 4 heteroatoms. The zero-order chi connectivity index (χ0) is 13.8. The van der Waals surface area contributed by atoms with E-state index in [0.717, 1.165) is 12.8 Å². The summed E-state index contributed by atoms with van der Waals surface area (Å²) in [6, 6.07) is -0.265. The monoisotopic (exact) mass is 252 g/mol. The molecule has 18 heavy (non-hydrogen) atoms. The van der Waals surface area contributed by atoms with E-state index >= 15 is 0 Å². The van der Waals surface area contributed by atoms with E-state index in [1.807, 2.05) is 20.8 Å². The van der Waals surface area contributed by atoms with Crippen LogP contribution in [-0.2, 0) is 4.74 Å². The second kappa shape index (κ2) is 6.10. The molecule has 0 aliphatic carbocycles. The third-order valence-corrected chi connectivity index (χ3v) is 2.93. The summed E-state index contributed by atoms with van der Waals surface area (Å²) in [7, 11) is 0. The van der Waals surface area contributed by atoms with E-state index in [-0.39, 0.29) is 23.8 Å². The lowest BCUT2D eigenvalue weighted by molar-refractivity contribution is -0.117. The number of nitrogens with zero attached hydrogens (tertiary/aromatic N) is 1. The highest BCUT2D eigenvalue weighted by atomic mass is 16.5. The molecule has 1 fully saturated rings. The Hall–Kier alpha value is -1.21. The van der Waals surface area contributed by atoms with Crippen molar-refractivity contribution in [2.75, 3.05) is 13.1 Å². The highest BCUT2D eigenvalue weighted by Crippen LogP contribution is 2.20. The van der Waals surface area contributed by atoms with Gasteiger partial charge in [0.25, 0.3) is 0 Å². The van der Waals surface area contributed by atoms with Crippen molar-refractivity contribution in [3.05, 3.63) is 0 Å². The summed E-state index contributed by atoms with van der Waals surface area (Å²) < 4.78 is 5.77. The molecule has 0 bridgehead atoms. The molecule has 1 rings (SSSR count). The smallest absolute Gasteiger partial charge is 0.318 e. The minimum atomic E-state index is -0.300. The highest BCUT2D eigenvalue weighted by Gasteiger charge is 2.34. The van der Waals surface area contributed by atoms with Crippen molar-refractivity contribution in [2.45, 2.75) is 58.3 Å². The van der Waals surface area contributed by atoms with Crippen LogP contribution in [-0.4, -0.2) is 41.8 Å². The van der Waals surface area contributed by atoms with Gasteiger partial charge < -0.3 is 15.0 Å². The molecule has 1 N–H and O–H groups in total. The molecule has 0 aromatic carbocycles. The van der Waals surface area contributed by atoms with Gasteiger partial charge in [0.05, 0.1) is 24.3 Å². The first kappa shape index (κ1) is 14.8. The zero-order valence-electron chi connectivity index (χ0n) is 11.8. The van der Waals surface area contributed by atoms with Crippen molar-refractivity contribution in [2.24, 2.45) is 0 Å². The number of amides is 2. The fourth-order valence-corrected chi connectivity index (χ4v) is 2.33. The highest BCUT2D eigenvalue weighted by molar-refractivity contribution is 5.75. The van der Waals surface area contributed by atoms with Gasteiger partial charge in [0.1, 0.15) is 0 Å². The Morgan fingerprint density at radius 2 is 2.33 bits per heavy atom. The lowest BCUT2D eigenvalue weighted by Gasteiger charge is -2.41. The van der Waals surface area contributed by atoms with Gasteiger partial charge in [-0.25, -0.2) is 4.79 Å². The summed E-state index contributed by atoms with van der Waals surface area (Å²) in [5, 5.41) is 2.89. The van der Waals surface area contributed by atoms with E-state index in [9.17, 15) is 4.79 Å². The maximum absolute atomic E-state index is 12.1. The lowest BCUT2D eigenvalue weighted by Crippen LogP contribution is -2.57. The predicted octanol–water partition coefficient (Wildman–Crippen LogP) is 2.00. The molecule has 1 aliphatic heterocycles. The van der Waals surface area contributed by atoms with Crippen LogP contribution in [0.15, 0.2) is 0 Å². The number of carbonyl (C=O) groups excluding carboxylic acids is 1. The third kappa shape index (κ3) is 4.23. The van der Waals surface area contributed by atoms with Crippen LogP contribution in [0.5, 0.6) is 0 Å². The zero-order valence-corrected chi connectivity index (χ0v) is 11.8. The van der Waals surface area contributed by atoms with Crippen LogP contribution < -0.4 is 5.32 Å². The lowest BCUT2D eigenvalue weighted by atomic mass is 10.1.